The first-order chi connectivity index (χ1) is 5.75. The molecule has 0 radical (unpaired) electrons. The molecule has 0 aliphatic carbocycles. The number of nitrogens with one attached hydrogen (secondary N) is 1. The summed E-state index contributed by atoms with van der Waals surface area (Å²) in [5.74, 6) is -0.152. The molecule has 0 bridgehead atoms. The minimum Gasteiger partial charge on any atom is -0.409 e. The van der Waals surface area contributed by atoms with Crippen LogP contribution in [0.5, 0.6) is 0 Å². The van der Waals surface area contributed by atoms with E-state index in [1.165, 1.54) is 0 Å². The summed E-state index contributed by atoms with van der Waals surface area (Å²) in [7, 11) is -3.37. The Balaban J connectivity index is 4.87. The SMILES string of the molecule is CCC(C)(NS(C)(=O)=O)/C(N)=N/O. The Hall–Kier alpha value is -0.820. The van der Waals surface area contributed by atoms with Gasteiger partial charge in [-0.2, -0.15) is 0 Å². The average Bonchev–Trinajstić information content (AvgIpc) is 1.99. The number of oxime groups is 1. The third-order valence-electron chi connectivity index (χ3n) is 1.79. The molecular weight excluding hydrogens is 194 g/mol. The summed E-state index contributed by atoms with van der Waals surface area (Å²) < 4.78 is 24.1. The fraction of sp³-hybridized carbons (Fsp3) is 0.833. The number of sulfonamides is 1. The smallest absolute Gasteiger partial charge is 0.209 e. The van der Waals surface area contributed by atoms with Crippen LogP contribution in [0.4, 0.5) is 0 Å². The zero-order valence-electron chi connectivity index (χ0n) is 7.90. The Morgan fingerprint density at radius 3 is 2.38 bits per heavy atom. The molecule has 0 rings (SSSR count). The molecule has 0 aromatic heterocycles. The molecule has 0 aromatic rings. The quantitative estimate of drug-likeness (QED) is 0.250. The third kappa shape index (κ3) is 3.60. The van der Waals surface area contributed by atoms with Crippen LogP contribution in [0, 0.1) is 0 Å². The Morgan fingerprint density at radius 2 is 2.15 bits per heavy atom. The summed E-state index contributed by atoms with van der Waals surface area (Å²) in [5.41, 5.74) is 4.32. The van der Waals surface area contributed by atoms with Crippen LogP contribution < -0.4 is 10.5 Å². The fourth-order valence-corrected chi connectivity index (χ4v) is 1.89. The van der Waals surface area contributed by atoms with Gasteiger partial charge in [-0.25, -0.2) is 13.1 Å². The predicted octanol–water partition coefficient (Wildman–Crippen LogP) is -0.549. The maximum absolute atomic E-state index is 10.9. The van der Waals surface area contributed by atoms with Crippen molar-refractivity contribution < 1.29 is 13.6 Å². The van der Waals surface area contributed by atoms with E-state index in [9.17, 15) is 8.42 Å². The second-order valence-electron chi connectivity index (χ2n) is 3.05. The van der Waals surface area contributed by atoms with E-state index >= 15 is 0 Å². The van der Waals surface area contributed by atoms with Crippen molar-refractivity contribution in [1.29, 1.82) is 0 Å². The van der Waals surface area contributed by atoms with E-state index in [0.717, 1.165) is 6.26 Å². The minimum atomic E-state index is -3.37. The molecular formula is C6H15N3O3S. The second kappa shape index (κ2) is 3.93. The van der Waals surface area contributed by atoms with E-state index in [-0.39, 0.29) is 5.84 Å². The Morgan fingerprint density at radius 1 is 1.69 bits per heavy atom. The van der Waals surface area contributed by atoms with E-state index < -0.39 is 15.6 Å². The molecule has 0 saturated carbocycles. The van der Waals surface area contributed by atoms with Crippen molar-refractivity contribution in [2.45, 2.75) is 25.8 Å². The van der Waals surface area contributed by atoms with Gasteiger partial charge in [0.2, 0.25) is 10.0 Å². The Kier molecular flexibility index (Phi) is 3.68. The number of amidine groups is 1. The molecule has 0 fully saturated rings. The first kappa shape index (κ1) is 12.2. The van der Waals surface area contributed by atoms with Gasteiger partial charge in [0.05, 0.1) is 11.8 Å². The fourth-order valence-electron chi connectivity index (χ4n) is 0.825. The maximum Gasteiger partial charge on any atom is 0.209 e. The van der Waals surface area contributed by atoms with Gasteiger partial charge < -0.3 is 10.9 Å². The molecule has 13 heavy (non-hydrogen) atoms. The highest BCUT2D eigenvalue weighted by Crippen LogP contribution is 2.10. The van der Waals surface area contributed by atoms with Crippen molar-refractivity contribution in [3.63, 3.8) is 0 Å². The highest BCUT2D eigenvalue weighted by molar-refractivity contribution is 7.88. The zero-order valence-corrected chi connectivity index (χ0v) is 8.72. The first-order valence-electron chi connectivity index (χ1n) is 3.72. The molecule has 0 heterocycles. The second-order valence-corrected chi connectivity index (χ2v) is 4.79. The summed E-state index contributed by atoms with van der Waals surface area (Å²) in [6.07, 6.45) is 1.42. The van der Waals surface area contributed by atoms with Crippen LogP contribution in [-0.2, 0) is 10.0 Å². The van der Waals surface area contributed by atoms with Crippen molar-refractivity contribution in [3.05, 3.63) is 0 Å². The van der Waals surface area contributed by atoms with Crippen LogP contribution in [0.3, 0.4) is 0 Å². The molecule has 0 aromatic carbocycles. The van der Waals surface area contributed by atoms with Gasteiger partial charge >= 0.3 is 0 Å². The topological polar surface area (TPSA) is 105 Å². The number of nitrogens with zero attached hydrogens (tertiary/aromatic N) is 1. The van der Waals surface area contributed by atoms with Crippen molar-refractivity contribution in [1.82, 2.24) is 4.72 Å². The van der Waals surface area contributed by atoms with Crippen LogP contribution in [0.25, 0.3) is 0 Å². The highest BCUT2D eigenvalue weighted by atomic mass is 32.2. The third-order valence-corrected chi connectivity index (χ3v) is 2.61. The van der Waals surface area contributed by atoms with Gasteiger partial charge in [-0.15, -0.1) is 0 Å². The van der Waals surface area contributed by atoms with Gasteiger partial charge in [-0.1, -0.05) is 12.1 Å². The molecule has 0 spiro atoms. The molecule has 78 valence electrons. The lowest BCUT2D eigenvalue weighted by molar-refractivity contribution is 0.310. The Labute approximate surface area is 77.9 Å². The maximum atomic E-state index is 10.9. The van der Waals surface area contributed by atoms with Crippen molar-refractivity contribution >= 4 is 15.9 Å². The highest BCUT2D eigenvalue weighted by Gasteiger charge is 2.30. The van der Waals surface area contributed by atoms with Crippen molar-refractivity contribution in [2.75, 3.05) is 6.26 Å². The van der Waals surface area contributed by atoms with Crippen LogP contribution in [0.15, 0.2) is 5.16 Å². The summed E-state index contributed by atoms with van der Waals surface area (Å²) in [4.78, 5) is 0. The van der Waals surface area contributed by atoms with E-state index in [2.05, 4.69) is 9.88 Å². The van der Waals surface area contributed by atoms with Gasteiger partial charge in [-0.05, 0) is 13.3 Å². The van der Waals surface area contributed by atoms with Gasteiger partial charge in [0.1, 0.15) is 0 Å². The van der Waals surface area contributed by atoms with Gasteiger partial charge in [0.25, 0.3) is 0 Å². The van der Waals surface area contributed by atoms with Gasteiger partial charge in [0, 0.05) is 0 Å². The number of hydrogen-bond acceptors (Lipinski definition) is 4. The summed E-state index contributed by atoms with van der Waals surface area (Å²) in [6, 6.07) is 0. The van der Waals surface area contributed by atoms with Crippen molar-refractivity contribution in [2.24, 2.45) is 10.9 Å². The van der Waals surface area contributed by atoms with E-state index in [1.807, 2.05) is 0 Å². The van der Waals surface area contributed by atoms with Crippen molar-refractivity contribution in [3.8, 4) is 0 Å². The summed E-state index contributed by atoms with van der Waals surface area (Å²) >= 11 is 0. The van der Waals surface area contributed by atoms with E-state index in [4.69, 9.17) is 10.9 Å². The summed E-state index contributed by atoms with van der Waals surface area (Å²) in [5, 5.41) is 11.2. The van der Waals surface area contributed by atoms with Gasteiger partial charge in [-0.3, -0.25) is 0 Å². The van der Waals surface area contributed by atoms with Gasteiger partial charge in [0.15, 0.2) is 5.84 Å². The molecule has 0 aliphatic rings. The lowest BCUT2D eigenvalue weighted by atomic mass is 10.00. The molecule has 0 aliphatic heterocycles. The monoisotopic (exact) mass is 209 g/mol. The van der Waals surface area contributed by atoms with Crippen LogP contribution >= 0.6 is 0 Å². The standard InChI is InChI=1S/C6H15N3O3S/c1-4-6(2,5(7)8-10)9-13(3,11)12/h9-10H,4H2,1-3H3,(H2,7,8). The predicted molar refractivity (Wildman–Crippen MR) is 50.1 cm³/mol. The van der Waals surface area contributed by atoms with E-state index in [0.29, 0.717) is 6.42 Å². The number of nitrogens with two attached hydrogens (primary N) is 1. The zero-order chi connectivity index (χ0) is 10.7. The molecule has 1 atom stereocenters. The van der Waals surface area contributed by atoms with Crippen LogP contribution in [-0.4, -0.2) is 31.3 Å². The molecule has 7 heteroatoms. The molecule has 1 unspecified atom stereocenters. The lowest BCUT2D eigenvalue weighted by Gasteiger charge is -2.26. The summed E-state index contributed by atoms with van der Waals surface area (Å²) in [6.45, 7) is 3.28. The molecule has 0 amide bonds. The van der Waals surface area contributed by atoms with Crippen LogP contribution in [0.2, 0.25) is 0 Å². The first-order valence-corrected chi connectivity index (χ1v) is 5.61. The van der Waals surface area contributed by atoms with Crippen LogP contribution in [0.1, 0.15) is 20.3 Å². The lowest BCUT2D eigenvalue weighted by Crippen LogP contribution is -2.54. The number of rotatable bonds is 4. The Bertz CT molecular complexity index is 298. The minimum absolute atomic E-state index is 0.152. The molecule has 4 N–H and O–H groups in total. The average molecular weight is 209 g/mol. The van der Waals surface area contributed by atoms with E-state index in [1.54, 1.807) is 13.8 Å². The molecule has 6 nitrogen and oxygen atoms in total. The largest absolute Gasteiger partial charge is 0.409 e. The number of hydrogen-bond donors (Lipinski definition) is 3. The molecule has 0 saturated heterocycles. The normalized spacial score (nSPS) is 18.2.